The molecule has 1 aromatic carbocycles. The lowest BCUT2D eigenvalue weighted by molar-refractivity contribution is -0.137. The second-order valence-corrected chi connectivity index (χ2v) is 9.99. The maximum absolute atomic E-state index is 12.8. The number of thiazole rings is 1. The first kappa shape index (κ1) is 19.8. The van der Waals surface area contributed by atoms with Crippen LogP contribution in [-0.2, 0) is 16.2 Å². The van der Waals surface area contributed by atoms with E-state index in [2.05, 4.69) is 9.71 Å². The van der Waals surface area contributed by atoms with Gasteiger partial charge < -0.3 is 0 Å². The molecule has 0 bridgehead atoms. The zero-order valence-electron chi connectivity index (χ0n) is 14.5. The van der Waals surface area contributed by atoms with Gasteiger partial charge in [0, 0.05) is 15.4 Å². The van der Waals surface area contributed by atoms with Crippen LogP contribution in [0.15, 0.2) is 35.2 Å². The Kier molecular flexibility index (Phi) is 5.08. The van der Waals surface area contributed by atoms with E-state index in [0.717, 1.165) is 33.8 Å². The monoisotopic (exact) mass is 432 g/mol. The van der Waals surface area contributed by atoms with Gasteiger partial charge in [-0.1, -0.05) is 6.07 Å². The Morgan fingerprint density at radius 1 is 1.04 bits per heavy atom. The number of aryl methyl sites for hydroxylation is 3. The van der Waals surface area contributed by atoms with Crippen LogP contribution in [0.25, 0.3) is 9.88 Å². The van der Waals surface area contributed by atoms with Crippen molar-refractivity contribution in [1.29, 1.82) is 0 Å². The van der Waals surface area contributed by atoms with E-state index in [4.69, 9.17) is 0 Å². The number of hydrogen-bond donors (Lipinski definition) is 1. The summed E-state index contributed by atoms with van der Waals surface area (Å²) in [4.78, 5) is 6.75. The van der Waals surface area contributed by atoms with Gasteiger partial charge in [-0.2, -0.15) is 13.2 Å². The molecule has 2 aromatic heterocycles. The molecule has 144 valence electrons. The first-order chi connectivity index (χ1) is 12.5. The summed E-state index contributed by atoms with van der Waals surface area (Å²) in [6, 6.07) is 5.61. The molecular formula is C17H15F3N2O2S3. The third-order valence-electron chi connectivity index (χ3n) is 3.84. The molecule has 10 heteroatoms. The molecule has 0 saturated carbocycles. The fourth-order valence-electron chi connectivity index (χ4n) is 2.38. The molecule has 0 fully saturated rings. The first-order valence-electron chi connectivity index (χ1n) is 7.72. The second kappa shape index (κ2) is 6.92. The van der Waals surface area contributed by atoms with Crippen molar-refractivity contribution in [2.75, 3.05) is 4.72 Å². The zero-order chi connectivity index (χ0) is 20.0. The van der Waals surface area contributed by atoms with Gasteiger partial charge >= 0.3 is 6.18 Å². The lowest BCUT2D eigenvalue weighted by atomic mass is 10.2. The van der Waals surface area contributed by atoms with E-state index in [1.54, 1.807) is 6.92 Å². The number of halogens is 3. The summed E-state index contributed by atoms with van der Waals surface area (Å²) in [5.41, 5.74) is -0.176. The van der Waals surface area contributed by atoms with Crippen LogP contribution in [0.4, 0.5) is 18.9 Å². The topological polar surface area (TPSA) is 59.1 Å². The fourth-order valence-corrected chi connectivity index (χ4v) is 5.99. The van der Waals surface area contributed by atoms with Crippen molar-refractivity contribution < 1.29 is 21.6 Å². The molecule has 1 N–H and O–H groups in total. The van der Waals surface area contributed by atoms with E-state index >= 15 is 0 Å². The van der Waals surface area contributed by atoms with Gasteiger partial charge in [0.1, 0.15) is 9.90 Å². The van der Waals surface area contributed by atoms with Crippen molar-refractivity contribution in [3.8, 4) is 9.88 Å². The van der Waals surface area contributed by atoms with Crippen LogP contribution in [0.3, 0.4) is 0 Å². The van der Waals surface area contributed by atoms with Crippen molar-refractivity contribution in [1.82, 2.24) is 4.98 Å². The SMILES string of the molecule is Cc1nc(-c2cc(S(=O)(=O)Nc3cccc(C(F)(F)F)c3)c(C)s2)sc1C. The minimum Gasteiger partial charge on any atom is -0.280 e. The van der Waals surface area contributed by atoms with Crippen molar-refractivity contribution in [2.24, 2.45) is 0 Å². The Hall–Kier alpha value is -1.91. The van der Waals surface area contributed by atoms with E-state index in [9.17, 15) is 21.6 Å². The average Bonchev–Trinajstić information content (AvgIpc) is 3.10. The van der Waals surface area contributed by atoms with Gasteiger partial charge in [0.25, 0.3) is 10.0 Å². The standard InChI is InChI=1S/C17H15F3N2O2S3/c1-9-10(2)26-16(21-9)14-8-15(11(3)25-14)27(23,24)22-13-6-4-5-12(7-13)17(18,19)20/h4-8,22H,1-3H3. The van der Waals surface area contributed by atoms with E-state index in [-0.39, 0.29) is 10.6 Å². The Bertz CT molecular complexity index is 1080. The molecule has 27 heavy (non-hydrogen) atoms. The predicted molar refractivity (Wildman–Crippen MR) is 102 cm³/mol. The number of aromatic nitrogens is 1. The maximum Gasteiger partial charge on any atom is 0.416 e. The third-order valence-corrected chi connectivity index (χ3v) is 7.77. The maximum atomic E-state index is 12.8. The summed E-state index contributed by atoms with van der Waals surface area (Å²) in [5, 5.41) is 0.721. The molecule has 0 spiro atoms. The van der Waals surface area contributed by atoms with Crippen molar-refractivity contribution in [2.45, 2.75) is 31.8 Å². The van der Waals surface area contributed by atoms with Crippen LogP contribution in [0, 0.1) is 20.8 Å². The van der Waals surface area contributed by atoms with Crippen LogP contribution >= 0.6 is 22.7 Å². The Morgan fingerprint density at radius 3 is 2.33 bits per heavy atom. The molecule has 0 atom stereocenters. The van der Waals surface area contributed by atoms with Gasteiger partial charge in [-0.05, 0) is 45.0 Å². The zero-order valence-corrected chi connectivity index (χ0v) is 17.0. The number of benzene rings is 1. The van der Waals surface area contributed by atoms with Crippen LogP contribution < -0.4 is 4.72 Å². The van der Waals surface area contributed by atoms with Crippen LogP contribution in [0.5, 0.6) is 0 Å². The number of rotatable bonds is 4. The normalized spacial score (nSPS) is 12.4. The number of anilines is 1. The molecule has 2 heterocycles. The fraction of sp³-hybridized carbons (Fsp3) is 0.235. The minimum atomic E-state index is -4.55. The lowest BCUT2D eigenvalue weighted by Crippen LogP contribution is -2.14. The summed E-state index contributed by atoms with van der Waals surface area (Å²) in [7, 11) is -4.03. The predicted octanol–water partition coefficient (Wildman–Crippen LogP) is 5.62. The Balaban J connectivity index is 1.94. The number of hydrogen-bond acceptors (Lipinski definition) is 5. The molecule has 4 nitrogen and oxygen atoms in total. The summed E-state index contributed by atoms with van der Waals surface area (Å²) in [6.45, 7) is 5.47. The van der Waals surface area contributed by atoms with Crippen LogP contribution in [0.2, 0.25) is 0 Å². The summed E-state index contributed by atoms with van der Waals surface area (Å²) in [6.07, 6.45) is -4.55. The molecule has 0 saturated heterocycles. The quantitative estimate of drug-likeness (QED) is 0.582. The van der Waals surface area contributed by atoms with Crippen molar-refractivity contribution >= 4 is 38.4 Å². The van der Waals surface area contributed by atoms with Gasteiger partial charge in [-0.15, -0.1) is 22.7 Å². The Labute approximate surface area is 162 Å². The average molecular weight is 433 g/mol. The molecule has 3 rings (SSSR count). The molecule has 0 amide bonds. The number of sulfonamides is 1. The molecule has 0 radical (unpaired) electrons. The summed E-state index contributed by atoms with van der Waals surface area (Å²) >= 11 is 2.75. The minimum absolute atomic E-state index is 0.0328. The highest BCUT2D eigenvalue weighted by Gasteiger charge is 2.31. The third kappa shape index (κ3) is 4.17. The van der Waals surface area contributed by atoms with E-state index in [1.807, 2.05) is 13.8 Å². The van der Waals surface area contributed by atoms with Crippen molar-refractivity contribution in [3.05, 3.63) is 51.3 Å². The number of nitrogens with one attached hydrogen (secondary N) is 1. The van der Waals surface area contributed by atoms with E-state index in [0.29, 0.717) is 9.75 Å². The van der Waals surface area contributed by atoms with E-state index in [1.165, 1.54) is 34.8 Å². The van der Waals surface area contributed by atoms with Crippen LogP contribution in [-0.4, -0.2) is 13.4 Å². The van der Waals surface area contributed by atoms with Gasteiger partial charge in [0.15, 0.2) is 0 Å². The van der Waals surface area contributed by atoms with Crippen molar-refractivity contribution in [3.63, 3.8) is 0 Å². The summed E-state index contributed by atoms with van der Waals surface area (Å²) < 4.78 is 66.1. The van der Waals surface area contributed by atoms with Crippen LogP contribution in [0.1, 0.15) is 21.0 Å². The number of thiophene rings is 1. The molecule has 0 aliphatic rings. The first-order valence-corrected chi connectivity index (χ1v) is 10.8. The van der Waals surface area contributed by atoms with Gasteiger partial charge in [-0.25, -0.2) is 13.4 Å². The molecule has 0 aliphatic heterocycles. The highest BCUT2D eigenvalue weighted by Crippen LogP contribution is 2.37. The molecular weight excluding hydrogens is 417 g/mol. The summed E-state index contributed by atoms with van der Waals surface area (Å²) in [5.74, 6) is 0. The smallest absolute Gasteiger partial charge is 0.280 e. The molecule has 3 aromatic rings. The molecule has 0 aliphatic carbocycles. The largest absolute Gasteiger partial charge is 0.416 e. The van der Waals surface area contributed by atoms with Gasteiger partial charge in [0.2, 0.25) is 0 Å². The van der Waals surface area contributed by atoms with Gasteiger partial charge in [-0.3, -0.25) is 4.72 Å². The van der Waals surface area contributed by atoms with Gasteiger partial charge in [0.05, 0.1) is 16.1 Å². The number of alkyl halides is 3. The Morgan fingerprint density at radius 2 is 1.74 bits per heavy atom. The van der Waals surface area contributed by atoms with E-state index < -0.39 is 21.8 Å². The second-order valence-electron chi connectivity index (χ2n) is 5.88. The number of nitrogens with zero attached hydrogens (tertiary/aromatic N) is 1. The lowest BCUT2D eigenvalue weighted by Gasteiger charge is -2.11. The highest BCUT2D eigenvalue weighted by atomic mass is 32.2. The highest BCUT2D eigenvalue weighted by molar-refractivity contribution is 7.93. The molecule has 0 unspecified atom stereocenters.